The second-order valence-electron chi connectivity index (χ2n) is 7.44. The molecular weight excluding hydrogens is 338 g/mol. The molecule has 2 atom stereocenters. The first-order valence-corrected chi connectivity index (χ1v) is 9.27. The normalized spacial score (nSPS) is 26.3. The maximum Gasteiger partial charge on any atom is 0.332 e. The first kappa shape index (κ1) is 16.3. The lowest BCUT2D eigenvalue weighted by molar-refractivity contribution is -0.145. The van der Waals surface area contributed by atoms with Gasteiger partial charge in [0.15, 0.2) is 5.60 Å². The Hall–Kier alpha value is -2.85. The van der Waals surface area contributed by atoms with Crippen LogP contribution < -0.4 is 4.74 Å². The van der Waals surface area contributed by atoms with E-state index >= 15 is 0 Å². The van der Waals surface area contributed by atoms with Gasteiger partial charge in [-0.1, -0.05) is 48.5 Å². The Morgan fingerprint density at radius 2 is 1.93 bits per heavy atom. The second kappa shape index (κ2) is 6.10. The van der Waals surface area contributed by atoms with Gasteiger partial charge in [-0.25, -0.2) is 4.79 Å². The highest BCUT2D eigenvalue weighted by Gasteiger charge is 2.55. The minimum Gasteiger partial charge on any atom is -0.497 e. The summed E-state index contributed by atoms with van der Waals surface area (Å²) >= 11 is 0. The number of fused-ring (bicyclic) bond motifs is 1. The van der Waals surface area contributed by atoms with Crippen LogP contribution in [0.1, 0.15) is 17.5 Å². The summed E-state index contributed by atoms with van der Waals surface area (Å²) in [4.78, 5) is 14.6. The van der Waals surface area contributed by atoms with Gasteiger partial charge in [-0.3, -0.25) is 4.90 Å². The highest BCUT2D eigenvalue weighted by Crippen LogP contribution is 2.50. The molecule has 0 amide bonds. The van der Waals surface area contributed by atoms with Crippen LogP contribution in [0.3, 0.4) is 0 Å². The topological polar surface area (TPSA) is 38.8 Å². The minimum absolute atomic E-state index is 0.230. The zero-order chi connectivity index (χ0) is 18.4. The van der Waals surface area contributed by atoms with Crippen molar-refractivity contribution in [1.29, 1.82) is 0 Å². The summed E-state index contributed by atoms with van der Waals surface area (Å²) in [5.74, 6) is 0.595. The van der Waals surface area contributed by atoms with Crippen LogP contribution in [0.25, 0.3) is 5.57 Å². The summed E-state index contributed by atoms with van der Waals surface area (Å²) < 4.78 is 11.1. The van der Waals surface area contributed by atoms with Gasteiger partial charge >= 0.3 is 5.97 Å². The Kier molecular flexibility index (Phi) is 3.69. The van der Waals surface area contributed by atoms with E-state index in [4.69, 9.17) is 9.47 Å². The number of likely N-dealkylation sites (tertiary alicyclic amines) is 1. The van der Waals surface area contributed by atoms with Crippen molar-refractivity contribution in [2.24, 2.45) is 0 Å². The monoisotopic (exact) mass is 359 g/mol. The van der Waals surface area contributed by atoms with Gasteiger partial charge in [0.05, 0.1) is 7.11 Å². The summed E-state index contributed by atoms with van der Waals surface area (Å²) in [6.07, 6.45) is 4.80. The van der Waals surface area contributed by atoms with Gasteiger partial charge in [0.2, 0.25) is 0 Å². The molecule has 0 saturated carbocycles. The molecule has 2 bridgehead atoms. The predicted molar refractivity (Wildman–Crippen MR) is 103 cm³/mol. The van der Waals surface area contributed by atoms with E-state index in [2.05, 4.69) is 35.2 Å². The minimum atomic E-state index is -0.513. The van der Waals surface area contributed by atoms with E-state index in [1.54, 1.807) is 13.2 Å². The Morgan fingerprint density at radius 3 is 2.67 bits per heavy atom. The van der Waals surface area contributed by atoms with E-state index < -0.39 is 5.60 Å². The van der Waals surface area contributed by atoms with Crippen molar-refractivity contribution in [2.75, 3.05) is 13.7 Å². The molecular formula is C23H21NO3. The molecule has 136 valence electrons. The Labute approximate surface area is 158 Å². The lowest BCUT2D eigenvalue weighted by Crippen LogP contribution is -2.36. The number of hydrogen-bond donors (Lipinski definition) is 0. The third-order valence-electron chi connectivity index (χ3n) is 5.79. The van der Waals surface area contributed by atoms with Crippen LogP contribution in [-0.2, 0) is 16.1 Å². The molecule has 0 unspecified atom stereocenters. The molecule has 1 spiro atoms. The quantitative estimate of drug-likeness (QED) is 0.782. The van der Waals surface area contributed by atoms with Gasteiger partial charge in [0.25, 0.3) is 0 Å². The summed E-state index contributed by atoms with van der Waals surface area (Å²) in [5, 5.41) is 0. The average Bonchev–Trinajstić information content (AvgIpc) is 3.17. The van der Waals surface area contributed by atoms with Crippen LogP contribution in [0.2, 0.25) is 0 Å². The smallest absolute Gasteiger partial charge is 0.332 e. The first-order chi connectivity index (χ1) is 13.2. The van der Waals surface area contributed by atoms with Gasteiger partial charge in [-0.2, -0.15) is 0 Å². The number of nitrogens with zero attached hydrogens (tertiary/aromatic N) is 1. The predicted octanol–water partition coefficient (Wildman–Crippen LogP) is 3.59. The lowest BCUT2D eigenvalue weighted by atomic mass is 9.79. The van der Waals surface area contributed by atoms with E-state index in [-0.39, 0.29) is 12.0 Å². The molecule has 4 nitrogen and oxygen atoms in total. The van der Waals surface area contributed by atoms with Crippen LogP contribution >= 0.6 is 0 Å². The Bertz CT molecular complexity index is 945. The lowest BCUT2D eigenvalue weighted by Gasteiger charge is -2.30. The fraction of sp³-hybridized carbons (Fsp3) is 0.261. The molecule has 0 N–H and O–H groups in total. The molecule has 1 fully saturated rings. The van der Waals surface area contributed by atoms with Crippen LogP contribution in [0.4, 0.5) is 0 Å². The molecule has 3 aliphatic rings. The number of methoxy groups -OCH3 is 1. The Morgan fingerprint density at radius 1 is 1.15 bits per heavy atom. The van der Waals surface area contributed by atoms with Crippen LogP contribution in [0.5, 0.6) is 5.75 Å². The molecule has 2 aromatic carbocycles. The molecule has 0 aromatic heterocycles. The van der Waals surface area contributed by atoms with E-state index in [9.17, 15) is 4.79 Å². The van der Waals surface area contributed by atoms with Crippen molar-refractivity contribution in [1.82, 2.24) is 4.90 Å². The van der Waals surface area contributed by atoms with E-state index in [0.29, 0.717) is 0 Å². The molecule has 4 heteroatoms. The number of carbonyl (C=O) groups excluding carboxylic acids is 1. The average molecular weight is 359 g/mol. The van der Waals surface area contributed by atoms with Crippen molar-refractivity contribution in [3.05, 3.63) is 83.4 Å². The van der Waals surface area contributed by atoms with Crippen LogP contribution in [-0.4, -0.2) is 36.2 Å². The van der Waals surface area contributed by atoms with Crippen molar-refractivity contribution in [3.63, 3.8) is 0 Å². The largest absolute Gasteiger partial charge is 0.497 e. The van der Waals surface area contributed by atoms with Crippen LogP contribution in [0, 0.1) is 0 Å². The zero-order valence-corrected chi connectivity index (χ0v) is 15.2. The van der Waals surface area contributed by atoms with Crippen molar-refractivity contribution >= 4 is 11.5 Å². The summed E-state index contributed by atoms with van der Waals surface area (Å²) in [6.45, 7) is 1.59. The van der Waals surface area contributed by atoms with E-state index in [1.165, 1.54) is 5.56 Å². The summed E-state index contributed by atoms with van der Waals surface area (Å²) in [7, 11) is 1.66. The third kappa shape index (κ3) is 2.68. The van der Waals surface area contributed by atoms with Gasteiger partial charge < -0.3 is 9.47 Å². The molecule has 1 saturated heterocycles. The highest BCUT2D eigenvalue weighted by atomic mass is 16.6. The fourth-order valence-corrected chi connectivity index (χ4v) is 4.56. The highest BCUT2D eigenvalue weighted by molar-refractivity contribution is 5.97. The first-order valence-electron chi connectivity index (χ1n) is 9.27. The molecule has 1 aliphatic carbocycles. The van der Waals surface area contributed by atoms with E-state index in [0.717, 1.165) is 42.0 Å². The van der Waals surface area contributed by atoms with Gasteiger partial charge in [-0.05, 0) is 28.8 Å². The summed E-state index contributed by atoms with van der Waals surface area (Å²) in [6, 6.07) is 18.7. The number of carbonyl (C=O) groups is 1. The van der Waals surface area contributed by atoms with E-state index in [1.807, 2.05) is 30.3 Å². The standard InChI is InChI=1S/C23H21NO3/c1-26-19-9-7-17(8-10-19)20-11-18-13-23(21(20)12-22(25)27-23)15-24(18)14-16-5-3-2-4-6-16/h2-12,18H,13-15H2,1H3/t18-,23-/m1/s1. The molecule has 27 heavy (non-hydrogen) atoms. The number of ether oxygens (including phenoxy) is 2. The molecule has 2 aliphatic heterocycles. The van der Waals surface area contributed by atoms with Gasteiger partial charge in [0, 0.05) is 37.2 Å². The number of benzene rings is 2. The molecule has 2 aromatic rings. The number of esters is 1. The molecule has 5 rings (SSSR count). The summed E-state index contributed by atoms with van der Waals surface area (Å²) in [5.41, 5.74) is 3.98. The van der Waals surface area contributed by atoms with Crippen molar-refractivity contribution < 1.29 is 14.3 Å². The zero-order valence-electron chi connectivity index (χ0n) is 15.2. The molecule has 0 radical (unpaired) electrons. The van der Waals surface area contributed by atoms with Gasteiger partial charge in [0.1, 0.15) is 5.75 Å². The van der Waals surface area contributed by atoms with Gasteiger partial charge in [-0.15, -0.1) is 0 Å². The van der Waals surface area contributed by atoms with Crippen molar-refractivity contribution in [2.45, 2.75) is 24.6 Å². The maximum absolute atomic E-state index is 12.2. The van der Waals surface area contributed by atoms with Crippen molar-refractivity contribution in [3.8, 4) is 5.75 Å². The Balaban J connectivity index is 1.52. The molecule has 2 heterocycles. The van der Waals surface area contributed by atoms with Crippen LogP contribution in [0.15, 0.2) is 72.3 Å². The maximum atomic E-state index is 12.2. The second-order valence-corrected chi connectivity index (χ2v) is 7.44. The fourth-order valence-electron chi connectivity index (χ4n) is 4.56. The number of hydrogen-bond acceptors (Lipinski definition) is 4. The number of rotatable bonds is 4. The SMILES string of the molecule is COc1ccc(C2=C[C@@H]3C[C@]4(CN3Cc3ccccc3)OC(=O)C=C24)cc1. The third-order valence-corrected chi connectivity index (χ3v) is 5.79.